The van der Waals surface area contributed by atoms with Gasteiger partial charge < -0.3 is 9.84 Å². The van der Waals surface area contributed by atoms with Gasteiger partial charge in [-0.25, -0.2) is 17.5 Å². The summed E-state index contributed by atoms with van der Waals surface area (Å²) in [6.07, 6.45) is 4.56. The van der Waals surface area contributed by atoms with E-state index in [0.29, 0.717) is 0 Å². The Morgan fingerprint density at radius 2 is 2.05 bits per heavy atom. The normalized spacial score (nSPS) is 16.5. The number of halogens is 1. The number of hydrogen-bond acceptors (Lipinski definition) is 4. The third-order valence-corrected chi connectivity index (χ3v) is 5.08. The molecule has 0 saturated heterocycles. The van der Waals surface area contributed by atoms with E-state index in [1.165, 1.54) is 6.07 Å². The van der Waals surface area contributed by atoms with E-state index < -0.39 is 22.4 Å². The zero-order valence-electron chi connectivity index (χ0n) is 11.7. The number of nitrogens with one attached hydrogen (secondary N) is 1. The molecule has 1 aliphatic carbocycles. The first kappa shape index (κ1) is 16.4. The van der Waals surface area contributed by atoms with Gasteiger partial charge in [0.25, 0.3) is 0 Å². The standard InChI is InChI=1S/C14H20FNO4S/c15-12-6-5-11(10-17)14(9-12)21(18,19)16-7-8-20-13-3-1-2-4-13/h5-6,9,13,16-17H,1-4,7-8,10H2. The molecule has 0 spiro atoms. The van der Waals surface area contributed by atoms with Crippen molar-refractivity contribution in [1.82, 2.24) is 4.72 Å². The zero-order valence-corrected chi connectivity index (χ0v) is 12.5. The Kier molecular flexibility index (Phi) is 5.69. The Hall–Kier alpha value is -1.02. The molecule has 1 saturated carbocycles. The lowest BCUT2D eigenvalue weighted by Gasteiger charge is -2.13. The summed E-state index contributed by atoms with van der Waals surface area (Å²) < 4.78 is 45.4. The highest BCUT2D eigenvalue weighted by Crippen LogP contribution is 2.21. The lowest BCUT2D eigenvalue weighted by Crippen LogP contribution is -2.29. The fraction of sp³-hybridized carbons (Fsp3) is 0.571. The van der Waals surface area contributed by atoms with E-state index in [1.54, 1.807) is 0 Å². The Labute approximate surface area is 124 Å². The molecule has 0 aliphatic heterocycles. The lowest BCUT2D eigenvalue weighted by atomic mass is 10.2. The summed E-state index contributed by atoms with van der Waals surface area (Å²) >= 11 is 0. The molecular weight excluding hydrogens is 297 g/mol. The molecule has 1 aromatic rings. The molecule has 0 radical (unpaired) electrons. The Morgan fingerprint density at radius 1 is 1.33 bits per heavy atom. The summed E-state index contributed by atoms with van der Waals surface area (Å²) in [5.74, 6) is -0.658. The van der Waals surface area contributed by atoms with Gasteiger partial charge in [-0.3, -0.25) is 0 Å². The van der Waals surface area contributed by atoms with Crippen LogP contribution in [-0.2, 0) is 21.4 Å². The molecule has 0 unspecified atom stereocenters. The van der Waals surface area contributed by atoms with E-state index in [0.717, 1.165) is 37.8 Å². The summed E-state index contributed by atoms with van der Waals surface area (Å²) in [6, 6.07) is 3.29. The summed E-state index contributed by atoms with van der Waals surface area (Å²) in [4.78, 5) is -0.231. The molecule has 1 aliphatic rings. The van der Waals surface area contributed by atoms with Gasteiger partial charge in [0.15, 0.2) is 0 Å². The van der Waals surface area contributed by atoms with Crippen LogP contribution in [0.25, 0.3) is 0 Å². The van der Waals surface area contributed by atoms with Gasteiger partial charge >= 0.3 is 0 Å². The third-order valence-electron chi connectivity index (χ3n) is 3.54. The maximum absolute atomic E-state index is 13.2. The maximum Gasteiger partial charge on any atom is 0.241 e. The summed E-state index contributed by atoms with van der Waals surface area (Å²) in [7, 11) is -3.85. The van der Waals surface area contributed by atoms with Crippen LogP contribution in [0.15, 0.2) is 23.1 Å². The molecule has 21 heavy (non-hydrogen) atoms. The average Bonchev–Trinajstić information content (AvgIpc) is 2.97. The number of aliphatic hydroxyl groups excluding tert-OH is 1. The maximum atomic E-state index is 13.2. The van der Waals surface area contributed by atoms with E-state index in [-0.39, 0.29) is 29.7 Å². The first-order valence-corrected chi connectivity index (χ1v) is 8.52. The average molecular weight is 317 g/mol. The second kappa shape index (κ2) is 7.31. The molecule has 0 atom stereocenters. The predicted octanol–water partition coefficient (Wildman–Crippen LogP) is 1.56. The van der Waals surface area contributed by atoms with Crippen LogP contribution in [0.3, 0.4) is 0 Å². The van der Waals surface area contributed by atoms with Crippen LogP contribution in [-0.4, -0.2) is 32.8 Å². The van der Waals surface area contributed by atoms with E-state index in [9.17, 15) is 12.8 Å². The largest absolute Gasteiger partial charge is 0.392 e. The van der Waals surface area contributed by atoms with Gasteiger partial charge in [-0.15, -0.1) is 0 Å². The smallest absolute Gasteiger partial charge is 0.241 e. The van der Waals surface area contributed by atoms with Gasteiger partial charge in [0, 0.05) is 6.54 Å². The van der Waals surface area contributed by atoms with Crippen LogP contribution >= 0.6 is 0 Å². The van der Waals surface area contributed by atoms with Crippen LogP contribution < -0.4 is 4.72 Å². The highest BCUT2D eigenvalue weighted by atomic mass is 32.2. The zero-order chi connectivity index (χ0) is 15.3. The first-order chi connectivity index (χ1) is 10.0. The fourth-order valence-corrected chi connectivity index (χ4v) is 3.70. The number of sulfonamides is 1. The van der Waals surface area contributed by atoms with Gasteiger partial charge in [0.1, 0.15) is 5.82 Å². The van der Waals surface area contributed by atoms with Gasteiger partial charge in [-0.1, -0.05) is 18.9 Å². The molecule has 0 amide bonds. The third kappa shape index (κ3) is 4.47. The highest BCUT2D eigenvalue weighted by molar-refractivity contribution is 7.89. The van der Waals surface area contributed by atoms with Gasteiger partial charge in [0.2, 0.25) is 10.0 Å². The van der Waals surface area contributed by atoms with Crippen molar-refractivity contribution in [3.63, 3.8) is 0 Å². The van der Waals surface area contributed by atoms with E-state index in [1.807, 2.05) is 0 Å². The van der Waals surface area contributed by atoms with Crippen molar-refractivity contribution < 1.29 is 22.7 Å². The molecular formula is C14H20FNO4S. The second-order valence-corrected chi connectivity index (χ2v) is 6.82. The summed E-state index contributed by atoms with van der Waals surface area (Å²) in [5, 5.41) is 9.15. The lowest BCUT2D eigenvalue weighted by molar-refractivity contribution is 0.0626. The minimum Gasteiger partial charge on any atom is -0.392 e. The summed E-state index contributed by atoms with van der Waals surface area (Å²) in [6.45, 7) is -0.0526. The van der Waals surface area contributed by atoms with Gasteiger partial charge in [-0.05, 0) is 30.5 Å². The van der Waals surface area contributed by atoms with Crippen LogP contribution in [0.4, 0.5) is 4.39 Å². The predicted molar refractivity (Wildman–Crippen MR) is 75.7 cm³/mol. The number of benzene rings is 1. The molecule has 0 aromatic heterocycles. The molecule has 2 N–H and O–H groups in total. The fourth-order valence-electron chi connectivity index (χ4n) is 2.44. The van der Waals surface area contributed by atoms with Gasteiger partial charge in [0.05, 0.1) is 24.2 Å². The molecule has 5 nitrogen and oxygen atoms in total. The van der Waals surface area contributed by atoms with E-state index in [4.69, 9.17) is 9.84 Å². The van der Waals surface area contributed by atoms with Crippen LogP contribution in [0.2, 0.25) is 0 Å². The van der Waals surface area contributed by atoms with Crippen LogP contribution in [0.5, 0.6) is 0 Å². The van der Waals surface area contributed by atoms with Crippen molar-refractivity contribution in [3.05, 3.63) is 29.6 Å². The molecule has 0 bridgehead atoms. The molecule has 1 aromatic carbocycles. The van der Waals surface area contributed by atoms with E-state index >= 15 is 0 Å². The highest BCUT2D eigenvalue weighted by Gasteiger charge is 2.19. The molecule has 118 valence electrons. The molecule has 0 heterocycles. The minimum absolute atomic E-state index is 0.125. The first-order valence-electron chi connectivity index (χ1n) is 7.03. The molecule has 7 heteroatoms. The van der Waals surface area contributed by atoms with Gasteiger partial charge in [-0.2, -0.15) is 0 Å². The Bertz CT molecular complexity index is 570. The van der Waals surface area contributed by atoms with Crippen molar-refractivity contribution >= 4 is 10.0 Å². The second-order valence-electron chi connectivity index (χ2n) is 5.09. The minimum atomic E-state index is -3.85. The molecule has 1 fully saturated rings. The topological polar surface area (TPSA) is 75.6 Å². The number of hydrogen-bond donors (Lipinski definition) is 2. The Balaban J connectivity index is 1.93. The van der Waals surface area contributed by atoms with Crippen molar-refractivity contribution in [2.75, 3.05) is 13.2 Å². The van der Waals surface area contributed by atoms with Crippen molar-refractivity contribution in [2.24, 2.45) is 0 Å². The quantitative estimate of drug-likeness (QED) is 0.748. The summed E-state index contributed by atoms with van der Waals surface area (Å²) in [5.41, 5.74) is 0.167. The Morgan fingerprint density at radius 3 is 2.71 bits per heavy atom. The van der Waals surface area contributed by atoms with Crippen molar-refractivity contribution in [2.45, 2.75) is 43.3 Å². The van der Waals surface area contributed by atoms with Crippen LogP contribution in [0.1, 0.15) is 31.2 Å². The SMILES string of the molecule is O=S(=O)(NCCOC1CCCC1)c1cc(F)ccc1CO. The van der Waals surface area contributed by atoms with Crippen molar-refractivity contribution in [3.8, 4) is 0 Å². The van der Waals surface area contributed by atoms with Crippen molar-refractivity contribution in [1.29, 1.82) is 0 Å². The monoisotopic (exact) mass is 317 g/mol. The number of rotatable bonds is 7. The van der Waals surface area contributed by atoms with E-state index in [2.05, 4.69) is 4.72 Å². The number of ether oxygens (including phenoxy) is 1. The molecule has 2 rings (SSSR count). The van der Waals surface area contributed by atoms with Crippen LogP contribution in [0, 0.1) is 5.82 Å². The number of aliphatic hydroxyl groups is 1.